The van der Waals surface area contributed by atoms with Crippen LogP contribution in [0.15, 0.2) is 0 Å². The lowest BCUT2D eigenvalue weighted by molar-refractivity contribution is 0.111. The Bertz CT molecular complexity index is 134. The summed E-state index contributed by atoms with van der Waals surface area (Å²) in [6.07, 6.45) is 2.92. The van der Waals surface area contributed by atoms with Crippen LogP contribution in [0, 0.1) is 0 Å². The van der Waals surface area contributed by atoms with E-state index in [0.29, 0.717) is 0 Å². The molecule has 0 spiro atoms. The molecule has 0 saturated heterocycles. The molecular weight excluding hydrogens is 206 g/mol. The molecule has 0 aliphatic heterocycles. The normalized spacial score (nSPS) is 13.3. The first-order chi connectivity index (χ1) is 7.70. The molecule has 16 heavy (non-hydrogen) atoms. The van der Waals surface area contributed by atoms with Crippen molar-refractivity contribution in [2.45, 2.75) is 32.3 Å². The summed E-state index contributed by atoms with van der Waals surface area (Å²) in [6, 6.07) is 0. The third-order valence-electron chi connectivity index (χ3n) is 2.57. The molecule has 0 radical (unpaired) electrons. The molecule has 0 heterocycles. The van der Waals surface area contributed by atoms with Crippen molar-refractivity contribution in [1.29, 1.82) is 0 Å². The average molecular weight is 233 g/mol. The van der Waals surface area contributed by atoms with Gasteiger partial charge in [0.05, 0.1) is 19.3 Å². The number of hydrogen-bond acceptors (Lipinski definition) is 4. The number of ether oxygens (including phenoxy) is 2. The maximum Gasteiger partial charge on any atom is 0.0589 e. The molecule has 1 N–H and O–H groups in total. The number of unbranched alkanes of at least 4 members (excludes halogenated alkanes) is 1. The van der Waals surface area contributed by atoms with Gasteiger partial charge in [-0.1, -0.05) is 0 Å². The molecule has 0 rings (SSSR count). The monoisotopic (exact) mass is 233 g/mol. The smallest absolute Gasteiger partial charge is 0.0589 e. The van der Waals surface area contributed by atoms with Crippen LogP contribution < -0.4 is 0 Å². The van der Waals surface area contributed by atoms with E-state index in [1.54, 1.807) is 14.2 Å². The SMILES string of the molecule is COCCN(CCCCC(C)O)CCOC. The summed E-state index contributed by atoms with van der Waals surface area (Å²) in [6.45, 7) is 6.33. The Morgan fingerprint density at radius 1 is 1.00 bits per heavy atom. The molecule has 0 fully saturated rings. The van der Waals surface area contributed by atoms with Crippen molar-refractivity contribution in [2.75, 3.05) is 47.1 Å². The Balaban J connectivity index is 3.56. The summed E-state index contributed by atoms with van der Waals surface area (Å²) in [7, 11) is 3.45. The molecule has 0 bridgehead atoms. The number of aliphatic hydroxyl groups is 1. The van der Waals surface area contributed by atoms with Gasteiger partial charge in [-0.3, -0.25) is 4.90 Å². The Hall–Kier alpha value is -0.160. The van der Waals surface area contributed by atoms with E-state index in [0.717, 1.165) is 52.1 Å². The fourth-order valence-electron chi connectivity index (χ4n) is 1.55. The van der Waals surface area contributed by atoms with Gasteiger partial charge in [0.2, 0.25) is 0 Å². The summed E-state index contributed by atoms with van der Waals surface area (Å²) in [4.78, 5) is 2.34. The van der Waals surface area contributed by atoms with Crippen LogP contribution in [-0.2, 0) is 9.47 Å². The van der Waals surface area contributed by atoms with Crippen LogP contribution in [0.1, 0.15) is 26.2 Å². The zero-order valence-electron chi connectivity index (χ0n) is 10.9. The van der Waals surface area contributed by atoms with E-state index in [-0.39, 0.29) is 6.10 Å². The van der Waals surface area contributed by atoms with E-state index in [2.05, 4.69) is 4.90 Å². The summed E-state index contributed by atoms with van der Waals surface area (Å²) in [5.74, 6) is 0. The third-order valence-corrected chi connectivity index (χ3v) is 2.57. The number of nitrogens with zero attached hydrogens (tertiary/aromatic N) is 1. The minimum absolute atomic E-state index is 0.175. The summed E-state index contributed by atoms with van der Waals surface area (Å²) in [5, 5.41) is 9.15. The van der Waals surface area contributed by atoms with Crippen molar-refractivity contribution in [3.8, 4) is 0 Å². The van der Waals surface area contributed by atoms with Crippen LogP contribution in [-0.4, -0.2) is 63.2 Å². The summed E-state index contributed by atoms with van der Waals surface area (Å²) < 4.78 is 10.1. The van der Waals surface area contributed by atoms with Gasteiger partial charge in [0, 0.05) is 27.3 Å². The van der Waals surface area contributed by atoms with E-state index in [4.69, 9.17) is 14.6 Å². The average Bonchev–Trinajstić information content (AvgIpc) is 2.26. The standard InChI is InChI=1S/C12H27NO3/c1-12(14)6-4-5-7-13(8-10-15-2)9-11-16-3/h12,14H,4-11H2,1-3H3. The predicted octanol–water partition coefficient (Wildman–Crippen LogP) is 1.13. The lowest BCUT2D eigenvalue weighted by atomic mass is 10.1. The third kappa shape index (κ3) is 10.4. The fraction of sp³-hybridized carbons (Fsp3) is 1.00. The Labute approximate surface area is 99.5 Å². The van der Waals surface area contributed by atoms with Gasteiger partial charge in [0.25, 0.3) is 0 Å². The van der Waals surface area contributed by atoms with E-state index >= 15 is 0 Å². The van der Waals surface area contributed by atoms with Gasteiger partial charge < -0.3 is 14.6 Å². The van der Waals surface area contributed by atoms with Crippen molar-refractivity contribution >= 4 is 0 Å². The molecular formula is C12H27NO3. The molecule has 1 atom stereocenters. The maximum absolute atomic E-state index is 9.15. The van der Waals surface area contributed by atoms with Crippen LogP contribution in [0.5, 0.6) is 0 Å². The maximum atomic E-state index is 9.15. The molecule has 0 amide bonds. The van der Waals surface area contributed by atoms with Crippen LogP contribution >= 0.6 is 0 Å². The van der Waals surface area contributed by atoms with Gasteiger partial charge in [-0.25, -0.2) is 0 Å². The van der Waals surface area contributed by atoms with Gasteiger partial charge in [0.1, 0.15) is 0 Å². The van der Waals surface area contributed by atoms with E-state index in [9.17, 15) is 0 Å². The van der Waals surface area contributed by atoms with Gasteiger partial charge >= 0.3 is 0 Å². The van der Waals surface area contributed by atoms with Gasteiger partial charge in [0.15, 0.2) is 0 Å². The highest BCUT2D eigenvalue weighted by atomic mass is 16.5. The molecule has 0 aromatic heterocycles. The van der Waals surface area contributed by atoms with E-state index < -0.39 is 0 Å². The quantitative estimate of drug-likeness (QED) is 0.543. The van der Waals surface area contributed by atoms with E-state index in [1.807, 2.05) is 6.92 Å². The van der Waals surface area contributed by atoms with Crippen LogP contribution in [0.4, 0.5) is 0 Å². The molecule has 98 valence electrons. The van der Waals surface area contributed by atoms with Gasteiger partial charge in [-0.15, -0.1) is 0 Å². The van der Waals surface area contributed by atoms with Crippen molar-refractivity contribution in [1.82, 2.24) is 4.90 Å². The number of hydrogen-bond donors (Lipinski definition) is 1. The molecule has 1 unspecified atom stereocenters. The van der Waals surface area contributed by atoms with E-state index in [1.165, 1.54) is 0 Å². The number of methoxy groups -OCH3 is 2. The molecule has 0 saturated carbocycles. The first-order valence-corrected chi connectivity index (χ1v) is 6.09. The fourth-order valence-corrected chi connectivity index (χ4v) is 1.55. The first-order valence-electron chi connectivity index (χ1n) is 6.09. The minimum atomic E-state index is -0.175. The Kier molecular flexibility index (Phi) is 11.2. The highest BCUT2D eigenvalue weighted by Gasteiger charge is 2.04. The molecule has 4 nitrogen and oxygen atoms in total. The zero-order valence-corrected chi connectivity index (χ0v) is 10.9. The molecule has 0 aromatic rings. The van der Waals surface area contributed by atoms with Gasteiger partial charge in [-0.2, -0.15) is 0 Å². The number of aliphatic hydroxyl groups excluding tert-OH is 1. The van der Waals surface area contributed by atoms with Crippen molar-refractivity contribution in [3.05, 3.63) is 0 Å². The lowest BCUT2D eigenvalue weighted by Gasteiger charge is -2.21. The molecule has 0 aliphatic rings. The first kappa shape index (κ1) is 15.8. The van der Waals surface area contributed by atoms with Crippen LogP contribution in [0.2, 0.25) is 0 Å². The van der Waals surface area contributed by atoms with Gasteiger partial charge in [-0.05, 0) is 32.7 Å². The van der Waals surface area contributed by atoms with Crippen molar-refractivity contribution in [2.24, 2.45) is 0 Å². The van der Waals surface area contributed by atoms with Crippen molar-refractivity contribution < 1.29 is 14.6 Å². The highest BCUT2D eigenvalue weighted by Crippen LogP contribution is 2.02. The number of rotatable bonds is 11. The zero-order chi connectivity index (χ0) is 12.2. The minimum Gasteiger partial charge on any atom is -0.393 e. The second kappa shape index (κ2) is 11.3. The second-order valence-electron chi connectivity index (χ2n) is 4.17. The van der Waals surface area contributed by atoms with Crippen LogP contribution in [0.3, 0.4) is 0 Å². The Morgan fingerprint density at radius 2 is 1.56 bits per heavy atom. The topological polar surface area (TPSA) is 41.9 Å². The summed E-state index contributed by atoms with van der Waals surface area (Å²) >= 11 is 0. The molecule has 4 heteroatoms. The predicted molar refractivity (Wildman–Crippen MR) is 65.7 cm³/mol. The second-order valence-corrected chi connectivity index (χ2v) is 4.17. The largest absolute Gasteiger partial charge is 0.393 e. The summed E-state index contributed by atoms with van der Waals surface area (Å²) in [5.41, 5.74) is 0. The Morgan fingerprint density at radius 3 is 2.00 bits per heavy atom. The molecule has 0 aromatic carbocycles. The molecule has 0 aliphatic carbocycles. The van der Waals surface area contributed by atoms with Crippen molar-refractivity contribution in [3.63, 3.8) is 0 Å². The highest BCUT2D eigenvalue weighted by molar-refractivity contribution is 4.58. The van der Waals surface area contributed by atoms with Crippen LogP contribution in [0.25, 0.3) is 0 Å². The lowest BCUT2D eigenvalue weighted by Crippen LogP contribution is -2.31.